The van der Waals surface area contributed by atoms with Gasteiger partial charge >= 0.3 is 0 Å². The van der Waals surface area contributed by atoms with E-state index in [1.54, 1.807) is 0 Å². The molecule has 1 heterocycles. The van der Waals surface area contributed by atoms with E-state index in [1.165, 1.54) is 32.4 Å². The van der Waals surface area contributed by atoms with Gasteiger partial charge in [0.05, 0.1) is 0 Å². The lowest BCUT2D eigenvalue weighted by molar-refractivity contribution is 0.125. The Bertz CT molecular complexity index is 162. The number of piperidine rings is 1. The van der Waals surface area contributed by atoms with Crippen molar-refractivity contribution in [2.45, 2.75) is 25.3 Å². The first-order chi connectivity index (χ1) is 7.15. The molecular weight excluding hydrogens is 186 g/mol. The van der Waals surface area contributed by atoms with E-state index in [-0.39, 0.29) is 0 Å². The van der Waals surface area contributed by atoms with Crippen LogP contribution in [0.25, 0.3) is 0 Å². The minimum atomic E-state index is 0.756. The molecule has 1 unspecified atom stereocenters. The zero-order valence-electron chi connectivity index (χ0n) is 10.8. The molecule has 0 aromatic rings. The molecule has 1 aliphatic rings. The van der Waals surface area contributed by atoms with Crippen LogP contribution in [0.3, 0.4) is 0 Å². The molecule has 90 valence electrons. The van der Waals surface area contributed by atoms with Gasteiger partial charge in [0.1, 0.15) is 0 Å². The van der Waals surface area contributed by atoms with Crippen molar-refractivity contribution in [3.63, 3.8) is 0 Å². The predicted octanol–water partition coefficient (Wildman–Crippen LogP) is 0.868. The van der Waals surface area contributed by atoms with Crippen LogP contribution in [0.5, 0.6) is 0 Å². The van der Waals surface area contributed by atoms with Gasteiger partial charge in [-0.1, -0.05) is 0 Å². The van der Waals surface area contributed by atoms with Gasteiger partial charge in [0.25, 0.3) is 0 Å². The van der Waals surface area contributed by atoms with E-state index in [0.717, 1.165) is 18.5 Å². The number of hydrogen-bond donors (Lipinski definition) is 1. The number of rotatable bonds is 5. The molecule has 3 heteroatoms. The second-order valence-corrected chi connectivity index (χ2v) is 5.06. The van der Waals surface area contributed by atoms with E-state index in [0.29, 0.717) is 0 Å². The second-order valence-electron chi connectivity index (χ2n) is 5.06. The second kappa shape index (κ2) is 6.46. The summed E-state index contributed by atoms with van der Waals surface area (Å²) in [5, 5.41) is 3.26. The van der Waals surface area contributed by atoms with Crippen LogP contribution in [-0.4, -0.2) is 63.7 Å². The summed E-state index contributed by atoms with van der Waals surface area (Å²) in [5.74, 6) is 0.893. The molecule has 0 amide bonds. The summed E-state index contributed by atoms with van der Waals surface area (Å²) >= 11 is 0. The van der Waals surface area contributed by atoms with Gasteiger partial charge in [-0.05, 0) is 73.0 Å². The molecule has 1 fully saturated rings. The fraction of sp³-hybridized carbons (Fsp3) is 1.00. The molecule has 0 saturated carbocycles. The van der Waals surface area contributed by atoms with Gasteiger partial charge in [0, 0.05) is 6.04 Å². The quantitative estimate of drug-likeness (QED) is 0.731. The Kier molecular flexibility index (Phi) is 5.58. The lowest BCUT2D eigenvalue weighted by Gasteiger charge is -2.37. The largest absolute Gasteiger partial charge is 0.320 e. The topological polar surface area (TPSA) is 18.5 Å². The summed E-state index contributed by atoms with van der Waals surface area (Å²) in [5.41, 5.74) is 0. The standard InChI is InChI=1S/C12H27N3/c1-13-8-5-12(14(2)3)11-6-9-15(4)10-7-11/h11-13H,5-10H2,1-4H3. The lowest BCUT2D eigenvalue weighted by atomic mass is 9.87. The maximum absolute atomic E-state index is 3.26. The van der Waals surface area contributed by atoms with Crippen molar-refractivity contribution >= 4 is 0 Å². The third-order valence-corrected chi connectivity index (χ3v) is 3.66. The Balaban J connectivity index is 2.41. The monoisotopic (exact) mass is 213 g/mol. The lowest BCUT2D eigenvalue weighted by Crippen LogP contribution is -2.42. The Morgan fingerprint density at radius 1 is 1.33 bits per heavy atom. The third kappa shape index (κ3) is 4.09. The van der Waals surface area contributed by atoms with Gasteiger partial charge < -0.3 is 15.1 Å². The summed E-state index contributed by atoms with van der Waals surface area (Å²) in [7, 11) is 8.72. The van der Waals surface area contributed by atoms with E-state index in [2.05, 4.69) is 36.3 Å². The normalized spacial score (nSPS) is 22.2. The molecule has 0 aromatic carbocycles. The van der Waals surface area contributed by atoms with E-state index >= 15 is 0 Å². The highest BCUT2D eigenvalue weighted by molar-refractivity contribution is 4.81. The maximum atomic E-state index is 3.26. The van der Waals surface area contributed by atoms with Gasteiger partial charge in [0.2, 0.25) is 0 Å². The van der Waals surface area contributed by atoms with Crippen molar-refractivity contribution in [2.75, 3.05) is 47.8 Å². The molecule has 1 rings (SSSR count). The molecule has 1 aliphatic heterocycles. The Morgan fingerprint density at radius 2 is 1.93 bits per heavy atom. The van der Waals surface area contributed by atoms with Crippen LogP contribution in [0, 0.1) is 5.92 Å². The first-order valence-electron chi connectivity index (χ1n) is 6.14. The van der Waals surface area contributed by atoms with Crippen molar-refractivity contribution in [3.05, 3.63) is 0 Å². The molecule has 0 aromatic heterocycles. The first kappa shape index (κ1) is 12.9. The minimum Gasteiger partial charge on any atom is -0.320 e. The molecule has 0 radical (unpaired) electrons. The summed E-state index contributed by atoms with van der Waals surface area (Å²) in [6.45, 7) is 3.68. The van der Waals surface area contributed by atoms with Crippen LogP contribution in [0.1, 0.15) is 19.3 Å². The number of likely N-dealkylation sites (tertiary alicyclic amines) is 1. The zero-order valence-corrected chi connectivity index (χ0v) is 10.8. The summed E-state index contributed by atoms with van der Waals surface area (Å²) in [4.78, 5) is 4.86. The molecule has 0 aliphatic carbocycles. The summed E-state index contributed by atoms with van der Waals surface area (Å²) < 4.78 is 0. The number of hydrogen-bond acceptors (Lipinski definition) is 3. The maximum Gasteiger partial charge on any atom is 0.0130 e. The van der Waals surface area contributed by atoms with Gasteiger partial charge in [0.15, 0.2) is 0 Å². The highest BCUT2D eigenvalue weighted by Gasteiger charge is 2.26. The van der Waals surface area contributed by atoms with Crippen molar-refractivity contribution in [2.24, 2.45) is 5.92 Å². The van der Waals surface area contributed by atoms with Crippen LogP contribution in [-0.2, 0) is 0 Å². The van der Waals surface area contributed by atoms with Crippen molar-refractivity contribution in [1.29, 1.82) is 0 Å². The molecule has 15 heavy (non-hydrogen) atoms. The Hall–Kier alpha value is -0.120. The highest BCUT2D eigenvalue weighted by atomic mass is 15.1. The van der Waals surface area contributed by atoms with Crippen molar-refractivity contribution in [3.8, 4) is 0 Å². The van der Waals surface area contributed by atoms with Crippen molar-refractivity contribution < 1.29 is 0 Å². The predicted molar refractivity (Wildman–Crippen MR) is 66.2 cm³/mol. The van der Waals surface area contributed by atoms with Gasteiger partial charge in [-0.3, -0.25) is 0 Å². The average molecular weight is 213 g/mol. The highest BCUT2D eigenvalue weighted by Crippen LogP contribution is 2.24. The zero-order chi connectivity index (χ0) is 11.3. The van der Waals surface area contributed by atoms with Crippen LogP contribution in [0.4, 0.5) is 0 Å². The third-order valence-electron chi connectivity index (χ3n) is 3.66. The molecular formula is C12H27N3. The fourth-order valence-electron chi connectivity index (χ4n) is 2.62. The van der Waals surface area contributed by atoms with Crippen LogP contribution in [0.2, 0.25) is 0 Å². The molecule has 0 spiro atoms. The molecule has 1 saturated heterocycles. The van der Waals surface area contributed by atoms with Crippen LogP contribution < -0.4 is 5.32 Å². The SMILES string of the molecule is CNCCC(C1CCN(C)CC1)N(C)C. The van der Waals surface area contributed by atoms with E-state index in [4.69, 9.17) is 0 Å². The first-order valence-corrected chi connectivity index (χ1v) is 6.14. The van der Waals surface area contributed by atoms with E-state index in [1.807, 2.05) is 7.05 Å². The molecule has 1 atom stereocenters. The van der Waals surface area contributed by atoms with Gasteiger partial charge in [-0.25, -0.2) is 0 Å². The Morgan fingerprint density at radius 3 is 2.40 bits per heavy atom. The summed E-state index contributed by atoms with van der Waals surface area (Å²) in [6, 6.07) is 0.756. The van der Waals surface area contributed by atoms with Gasteiger partial charge in [-0.15, -0.1) is 0 Å². The molecule has 3 nitrogen and oxygen atoms in total. The fourth-order valence-corrected chi connectivity index (χ4v) is 2.62. The van der Waals surface area contributed by atoms with Crippen LogP contribution >= 0.6 is 0 Å². The van der Waals surface area contributed by atoms with E-state index < -0.39 is 0 Å². The molecule has 0 bridgehead atoms. The van der Waals surface area contributed by atoms with Gasteiger partial charge in [-0.2, -0.15) is 0 Å². The number of nitrogens with zero attached hydrogens (tertiary/aromatic N) is 2. The minimum absolute atomic E-state index is 0.756. The average Bonchev–Trinajstić information content (AvgIpc) is 2.21. The molecule has 1 N–H and O–H groups in total. The Labute approximate surface area is 94.8 Å². The summed E-state index contributed by atoms with van der Waals surface area (Å²) in [6.07, 6.45) is 4.00. The smallest absolute Gasteiger partial charge is 0.0130 e. The van der Waals surface area contributed by atoms with Crippen molar-refractivity contribution in [1.82, 2.24) is 15.1 Å². The van der Waals surface area contributed by atoms with E-state index in [9.17, 15) is 0 Å². The van der Waals surface area contributed by atoms with Crippen LogP contribution in [0.15, 0.2) is 0 Å². The number of nitrogens with one attached hydrogen (secondary N) is 1.